The van der Waals surface area contributed by atoms with Gasteiger partial charge in [0.1, 0.15) is 11.8 Å². The van der Waals surface area contributed by atoms with E-state index in [1.807, 2.05) is 6.07 Å². The van der Waals surface area contributed by atoms with E-state index in [-0.39, 0.29) is 0 Å². The molecule has 1 aromatic carbocycles. The molecule has 0 fully saturated rings. The van der Waals surface area contributed by atoms with Crippen LogP contribution in [0.4, 0.5) is 10.5 Å². The fourth-order valence-corrected chi connectivity index (χ4v) is 4.19. The maximum Gasteiger partial charge on any atom is 0.408 e. The first kappa shape index (κ1) is 30.8. The summed E-state index contributed by atoms with van der Waals surface area (Å²) in [6.45, 7) is 7.31. The lowest BCUT2D eigenvalue weighted by Crippen LogP contribution is -2.57. The van der Waals surface area contributed by atoms with Gasteiger partial charge in [0.2, 0.25) is 5.91 Å². The normalized spacial score (nSPS) is 12.3. The van der Waals surface area contributed by atoms with Crippen molar-refractivity contribution in [3.63, 3.8) is 0 Å². The van der Waals surface area contributed by atoms with Crippen LogP contribution >= 0.6 is 0 Å². The first-order chi connectivity index (χ1) is 16.7. The van der Waals surface area contributed by atoms with Crippen molar-refractivity contribution in [3.8, 4) is 5.75 Å². The van der Waals surface area contributed by atoms with Crippen LogP contribution in [-0.4, -0.2) is 51.9 Å². The molecule has 0 aliphatic rings. The van der Waals surface area contributed by atoms with E-state index in [1.54, 1.807) is 39.0 Å². The number of carbonyl (C=O) groups is 2. The molecule has 0 aliphatic carbocycles. The highest BCUT2D eigenvalue weighted by atomic mass is 16.5. The van der Waals surface area contributed by atoms with Crippen molar-refractivity contribution in [1.29, 1.82) is 0 Å². The molecule has 1 rings (SSSR count). The Morgan fingerprint density at radius 1 is 0.943 bits per heavy atom. The second kappa shape index (κ2) is 17.2. The van der Waals surface area contributed by atoms with Gasteiger partial charge in [-0.1, -0.05) is 83.6 Å². The highest BCUT2D eigenvalue weighted by Crippen LogP contribution is 2.21. The highest BCUT2D eigenvalue weighted by Gasteiger charge is 2.37. The van der Waals surface area contributed by atoms with Crippen LogP contribution in [0.5, 0.6) is 5.75 Å². The molecule has 0 bridgehead atoms. The van der Waals surface area contributed by atoms with Gasteiger partial charge < -0.3 is 20.3 Å². The van der Waals surface area contributed by atoms with Crippen LogP contribution in [0.2, 0.25) is 0 Å². The molecule has 2 amide bonds. The second-order valence-corrected chi connectivity index (χ2v) is 10.3. The summed E-state index contributed by atoms with van der Waals surface area (Å²) in [4.78, 5) is 25.4. The second-order valence-electron chi connectivity index (χ2n) is 10.3. The molecule has 0 aromatic heterocycles. The zero-order chi connectivity index (χ0) is 26.1. The number of amides is 2. The van der Waals surface area contributed by atoms with Crippen LogP contribution in [0, 0.1) is 0 Å². The van der Waals surface area contributed by atoms with Gasteiger partial charge in [0.05, 0.1) is 13.2 Å². The van der Waals surface area contributed by atoms with Crippen LogP contribution in [0.25, 0.3) is 0 Å². The first-order valence-corrected chi connectivity index (χ1v) is 13.4. The highest BCUT2D eigenvalue weighted by molar-refractivity contribution is 5.96. The third-order valence-electron chi connectivity index (χ3n) is 6.08. The number of nitrogens with zero attached hydrogens (tertiary/aromatic N) is 1. The molecule has 7 heteroatoms. The molecule has 0 radical (unpaired) electrons. The minimum absolute atomic E-state index is 0.500. The van der Waals surface area contributed by atoms with E-state index in [9.17, 15) is 19.8 Å². The molecule has 0 aliphatic heterocycles. The first-order valence-electron chi connectivity index (χ1n) is 13.4. The molecule has 1 aromatic rings. The molecule has 35 heavy (non-hydrogen) atoms. The van der Waals surface area contributed by atoms with Gasteiger partial charge in [-0.25, -0.2) is 4.79 Å². The molecule has 0 heterocycles. The molecule has 7 nitrogen and oxygen atoms in total. The molecule has 0 spiro atoms. The largest absolute Gasteiger partial charge is 0.494 e. The third-order valence-corrected chi connectivity index (χ3v) is 6.08. The number of rotatable bonds is 18. The summed E-state index contributed by atoms with van der Waals surface area (Å²) in [5.74, 6) is 0.0697. The topological polar surface area (TPSA) is 99.1 Å². The van der Waals surface area contributed by atoms with Crippen molar-refractivity contribution in [3.05, 3.63) is 24.3 Å². The Morgan fingerprint density at radius 3 is 1.97 bits per heavy atom. The van der Waals surface area contributed by atoms with E-state index in [2.05, 4.69) is 12.2 Å². The lowest BCUT2D eigenvalue weighted by Gasteiger charge is -2.37. The minimum atomic E-state index is -1.26. The fourth-order valence-electron chi connectivity index (χ4n) is 4.19. The van der Waals surface area contributed by atoms with Crippen molar-refractivity contribution in [2.45, 2.75) is 116 Å². The molecule has 200 valence electrons. The summed E-state index contributed by atoms with van der Waals surface area (Å²) >= 11 is 0. The Hall–Kier alpha value is -2.28. The molecular formula is C28H48N2O5. The van der Waals surface area contributed by atoms with Crippen LogP contribution in [-0.2, 0) is 4.79 Å². The Bertz CT molecular complexity index is 732. The molecule has 1 unspecified atom stereocenters. The van der Waals surface area contributed by atoms with Crippen LogP contribution in [0.1, 0.15) is 105 Å². The quantitative estimate of drug-likeness (QED) is 0.195. The number of hydrogen-bond acceptors (Lipinski definition) is 4. The van der Waals surface area contributed by atoms with Crippen LogP contribution in [0.15, 0.2) is 24.3 Å². The lowest BCUT2D eigenvalue weighted by atomic mass is 10.0. The number of unbranched alkanes of at least 4 members (excludes halogenated alkanes) is 11. The SMILES string of the molecule is CCCCCCCCCCCCCCOc1cccc(NC(=O)C(CO)N(C(=O)O)C(C)(C)C)c1. The van der Waals surface area contributed by atoms with Gasteiger partial charge in [0.25, 0.3) is 0 Å². The van der Waals surface area contributed by atoms with Gasteiger partial charge in [0, 0.05) is 17.3 Å². The maximum absolute atomic E-state index is 12.7. The van der Waals surface area contributed by atoms with Crippen molar-refractivity contribution >= 4 is 17.7 Å². The van der Waals surface area contributed by atoms with Gasteiger partial charge in [-0.2, -0.15) is 0 Å². The number of nitrogens with one attached hydrogen (secondary N) is 1. The molecule has 0 saturated carbocycles. The van der Waals surface area contributed by atoms with Crippen LogP contribution in [0.3, 0.4) is 0 Å². The lowest BCUT2D eigenvalue weighted by molar-refractivity contribution is -0.124. The predicted molar refractivity (Wildman–Crippen MR) is 142 cm³/mol. The summed E-state index contributed by atoms with van der Waals surface area (Å²) in [7, 11) is 0. The number of hydrogen-bond donors (Lipinski definition) is 3. The summed E-state index contributed by atoms with van der Waals surface area (Å²) in [5, 5.41) is 21.9. The Labute approximate surface area is 212 Å². The summed E-state index contributed by atoms with van der Waals surface area (Å²) in [6, 6.07) is 5.83. The number of carbonyl (C=O) groups excluding carboxylic acids is 1. The van der Waals surface area contributed by atoms with Gasteiger partial charge in [-0.15, -0.1) is 0 Å². The summed E-state index contributed by atoms with van der Waals surface area (Å²) < 4.78 is 5.84. The van der Waals surface area contributed by atoms with Crippen molar-refractivity contribution in [1.82, 2.24) is 4.90 Å². The molecule has 3 N–H and O–H groups in total. The molecule has 1 atom stereocenters. The summed E-state index contributed by atoms with van der Waals surface area (Å²) in [5.41, 5.74) is -0.338. The predicted octanol–water partition coefficient (Wildman–Crippen LogP) is 6.84. The average Bonchev–Trinajstić information content (AvgIpc) is 2.79. The fraction of sp³-hybridized carbons (Fsp3) is 0.714. The van der Waals surface area contributed by atoms with E-state index < -0.39 is 30.2 Å². The average molecular weight is 493 g/mol. The van der Waals surface area contributed by atoms with Gasteiger partial charge in [-0.05, 0) is 39.3 Å². The third kappa shape index (κ3) is 12.8. The standard InChI is InChI=1S/C28H48N2O5/c1-5-6-7-8-9-10-11-12-13-14-15-16-20-35-24-19-17-18-23(21-24)29-26(32)25(22-31)30(27(33)34)28(2,3)4/h17-19,21,25,31H,5-16,20,22H2,1-4H3,(H,29,32)(H,33,34). The number of ether oxygens (including phenoxy) is 1. The minimum Gasteiger partial charge on any atom is -0.494 e. The van der Waals surface area contributed by atoms with Gasteiger partial charge >= 0.3 is 6.09 Å². The maximum atomic E-state index is 12.7. The number of carboxylic acid groups (broad SMARTS) is 1. The van der Waals surface area contributed by atoms with E-state index in [1.165, 1.54) is 64.2 Å². The zero-order valence-corrected chi connectivity index (χ0v) is 22.4. The zero-order valence-electron chi connectivity index (χ0n) is 22.4. The van der Waals surface area contributed by atoms with Gasteiger partial charge in [-0.3, -0.25) is 9.69 Å². The van der Waals surface area contributed by atoms with E-state index >= 15 is 0 Å². The Kier molecular flexibility index (Phi) is 15.1. The van der Waals surface area contributed by atoms with E-state index in [0.29, 0.717) is 18.0 Å². The number of benzene rings is 1. The monoisotopic (exact) mass is 492 g/mol. The van der Waals surface area contributed by atoms with E-state index in [0.717, 1.165) is 17.7 Å². The molecule has 0 saturated heterocycles. The van der Waals surface area contributed by atoms with Crippen molar-refractivity contribution < 1.29 is 24.5 Å². The van der Waals surface area contributed by atoms with E-state index in [4.69, 9.17) is 4.74 Å². The Balaban J connectivity index is 2.34. The number of aliphatic hydroxyl groups is 1. The summed E-state index contributed by atoms with van der Waals surface area (Å²) in [6.07, 6.45) is 14.2. The van der Waals surface area contributed by atoms with Gasteiger partial charge in [0.15, 0.2) is 0 Å². The van der Waals surface area contributed by atoms with Crippen molar-refractivity contribution in [2.24, 2.45) is 0 Å². The van der Waals surface area contributed by atoms with Crippen LogP contribution < -0.4 is 10.1 Å². The number of aliphatic hydroxyl groups excluding tert-OH is 1. The van der Waals surface area contributed by atoms with Crippen molar-refractivity contribution in [2.75, 3.05) is 18.5 Å². The smallest absolute Gasteiger partial charge is 0.408 e. The Morgan fingerprint density at radius 2 is 1.49 bits per heavy atom. The molecular weight excluding hydrogens is 444 g/mol. The number of anilines is 1.